The van der Waals surface area contributed by atoms with Crippen LogP contribution >= 0.6 is 0 Å². The van der Waals surface area contributed by atoms with Crippen molar-refractivity contribution in [1.82, 2.24) is 0 Å². The molecule has 3 nitrogen and oxygen atoms in total. The van der Waals surface area contributed by atoms with E-state index < -0.39 is 47.5 Å². The topological polar surface area (TPSA) is 49.7 Å². The molecule has 0 radical (unpaired) electrons. The van der Waals surface area contributed by atoms with Gasteiger partial charge < -0.3 is 14.9 Å². The van der Waals surface area contributed by atoms with E-state index in [0.717, 1.165) is 0 Å². The van der Waals surface area contributed by atoms with Crippen molar-refractivity contribution in [1.29, 1.82) is 0 Å². The highest BCUT2D eigenvalue weighted by Gasteiger charge is 2.76. The zero-order chi connectivity index (χ0) is 15.3. The van der Waals surface area contributed by atoms with Crippen LogP contribution in [0.2, 0.25) is 0 Å². The third-order valence-corrected chi connectivity index (χ3v) is 3.01. The SMILES string of the molecule is O[C@H]1CO[C@@](O)(c2ccc(F)cc2F)C(F)(F)C1(F)F. The van der Waals surface area contributed by atoms with Gasteiger partial charge in [-0.2, -0.15) is 17.6 Å². The van der Waals surface area contributed by atoms with Crippen LogP contribution in [0.3, 0.4) is 0 Å². The van der Waals surface area contributed by atoms with Crippen molar-refractivity contribution in [2.75, 3.05) is 6.61 Å². The van der Waals surface area contributed by atoms with E-state index in [1.54, 1.807) is 0 Å². The first kappa shape index (κ1) is 15.1. The maximum atomic E-state index is 13.7. The number of halogens is 6. The molecule has 0 unspecified atom stereocenters. The van der Waals surface area contributed by atoms with E-state index in [1.807, 2.05) is 0 Å². The third kappa shape index (κ3) is 1.80. The van der Waals surface area contributed by atoms with Crippen LogP contribution in [0.5, 0.6) is 0 Å². The lowest BCUT2D eigenvalue weighted by molar-refractivity contribution is -0.434. The summed E-state index contributed by atoms with van der Waals surface area (Å²) in [6.07, 6.45) is -2.87. The van der Waals surface area contributed by atoms with Crippen molar-refractivity contribution in [3.8, 4) is 0 Å². The van der Waals surface area contributed by atoms with Crippen LogP contribution in [0.15, 0.2) is 18.2 Å². The molecule has 0 aromatic heterocycles. The minimum absolute atomic E-state index is 0.135. The molecule has 2 rings (SSSR count). The highest BCUT2D eigenvalue weighted by atomic mass is 19.3. The largest absolute Gasteiger partial charge is 0.384 e. The van der Waals surface area contributed by atoms with E-state index in [0.29, 0.717) is 12.1 Å². The van der Waals surface area contributed by atoms with Gasteiger partial charge in [0.1, 0.15) is 17.7 Å². The summed E-state index contributed by atoms with van der Waals surface area (Å²) in [5.41, 5.74) is -1.35. The maximum absolute atomic E-state index is 13.7. The van der Waals surface area contributed by atoms with Gasteiger partial charge in [-0.3, -0.25) is 0 Å². The summed E-state index contributed by atoms with van der Waals surface area (Å²) >= 11 is 0. The number of alkyl halides is 4. The molecule has 1 aliphatic heterocycles. The van der Waals surface area contributed by atoms with E-state index in [-0.39, 0.29) is 6.07 Å². The Morgan fingerprint density at radius 2 is 1.75 bits per heavy atom. The number of aliphatic hydroxyl groups is 2. The van der Waals surface area contributed by atoms with Crippen molar-refractivity contribution in [3.63, 3.8) is 0 Å². The normalized spacial score (nSPS) is 32.1. The van der Waals surface area contributed by atoms with Crippen LogP contribution < -0.4 is 0 Å². The smallest absolute Gasteiger partial charge is 0.369 e. The quantitative estimate of drug-likeness (QED) is 0.777. The molecule has 1 saturated heterocycles. The Hall–Kier alpha value is -1.32. The summed E-state index contributed by atoms with van der Waals surface area (Å²) in [7, 11) is 0. The van der Waals surface area contributed by atoms with Gasteiger partial charge in [0.05, 0.1) is 12.2 Å². The number of ether oxygens (including phenoxy) is 1. The molecule has 1 aromatic carbocycles. The molecule has 0 aliphatic carbocycles. The minimum atomic E-state index is -5.32. The van der Waals surface area contributed by atoms with E-state index >= 15 is 0 Å². The van der Waals surface area contributed by atoms with Gasteiger partial charge in [0.25, 0.3) is 5.79 Å². The van der Waals surface area contributed by atoms with E-state index in [9.17, 15) is 31.4 Å². The van der Waals surface area contributed by atoms with Gasteiger partial charge in [0.15, 0.2) is 0 Å². The van der Waals surface area contributed by atoms with Crippen LogP contribution in [0.25, 0.3) is 0 Å². The Bertz CT molecular complexity index is 535. The summed E-state index contributed by atoms with van der Waals surface area (Å²) in [6.45, 7) is -1.35. The Morgan fingerprint density at radius 3 is 2.30 bits per heavy atom. The maximum Gasteiger partial charge on any atom is 0.369 e. The lowest BCUT2D eigenvalue weighted by atomic mass is 9.89. The second kappa shape index (κ2) is 4.34. The third-order valence-electron chi connectivity index (χ3n) is 3.01. The predicted molar refractivity (Wildman–Crippen MR) is 52.1 cm³/mol. The molecule has 0 bridgehead atoms. The second-order valence-electron chi connectivity index (χ2n) is 4.29. The molecule has 112 valence electrons. The van der Waals surface area contributed by atoms with Gasteiger partial charge in [-0.15, -0.1) is 0 Å². The van der Waals surface area contributed by atoms with Crippen LogP contribution in [0.1, 0.15) is 5.56 Å². The molecule has 0 amide bonds. The molecule has 1 aromatic rings. The lowest BCUT2D eigenvalue weighted by Crippen LogP contribution is -2.67. The lowest BCUT2D eigenvalue weighted by Gasteiger charge is -2.45. The van der Waals surface area contributed by atoms with Gasteiger partial charge in [-0.25, -0.2) is 8.78 Å². The first-order valence-corrected chi connectivity index (χ1v) is 5.29. The number of rotatable bonds is 1. The summed E-state index contributed by atoms with van der Waals surface area (Å²) in [4.78, 5) is 0. The fraction of sp³-hybridized carbons (Fsp3) is 0.455. The zero-order valence-electron chi connectivity index (χ0n) is 9.59. The fourth-order valence-electron chi connectivity index (χ4n) is 1.84. The minimum Gasteiger partial charge on any atom is -0.384 e. The molecular formula is C11H8F6O3. The van der Waals surface area contributed by atoms with E-state index in [2.05, 4.69) is 4.74 Å². The number of hydrogen-bond acceptors (Lipinski definition) is 3. The van der Waals surface area contributed by atoms with Crippen molar-refractivity contribution in [2.24, 2.45) is 0 Å². The zero-order valence-corrected chi connectivity index (χ0v) is 9.59. The summed E-state index contributed by atoms with van der Waals surface area (Å²) in [6, 6.07) is 1.00. The molecule has 9 heteroatoms. The van der Waals surface area contributed by atoms with Crippen molar-refractivity contribution >= 4 is 0 Å². The molecule has 2 atom stereocenters. The van der Waals surface area contributed by atoms with Gasteiger partial charge in [-0.05, 0) is 12.1 Å². The molecule has 0 spiro atoms. The van der Waals surface area contributed by atoms with E-state index in [4.69, 9.17) is 5.11 Å². The monoisotopic (exact) mass is 302 g/mol. The Morgan fingerprint density at radius 1 is 1.15 bits per heavy atom. The Labute approximate surface area is 108 Å². The average Bonchev–Trinajstić information content (AvgIpc) is 2.33. The number of aliphatic hydroxyl groups excluding tert-OH is 1. The standard InChI is InChI=1S/C11H8F6O3/c12-5-1-2-6(7(13)3-5)10(19)11(16,17)9(14,15)8(18)4-20-10/h1-3,8,18-19H,4H2/t8-,10-/m0/s1. The van der Waals surface area contributed by atoms with Crippen LogP contribution in [0.4, 0.5) is 26.3 Å². The Kier molecular flexibility index (Phi) is 3.27. The summed E-state index contributed by atoms with van der Waals surface area (Å²) in [5, 5.41) is 18.5. The van der Waals surface area contributed by atoms with Gasteiger partial charge in [0, 0.05) is 6.07 Å². The van der Waals surface area contributed by atoms with Crippen LogP contribution in [0, 0.1) is 11.6 Å². The molecular weight excluding hydrogens is 294 g/mol. The van der Waals surface area contributed by atoms with Crippen molar-refractivity contribution in [2.45, 2.75) is 23.7 Å². The van der Waals surface area contributed by atoms with Gasteiger partial charge >= 0.3 is 11.8 Å². The molecule has 1 aliphatic rings. The molecule has 1 heterocycles. The Balaban J connectivity index is 2.59. The van der Waals surface area contributed by atoms with Crippen molar-refractivity contribution < 1.29 is 41.3 Å². The first-order chi connectivity index (χ1) is 9.04. The summed E-state index contributed by atoms with van der Waals surface area (Å²) < 4.78 is 84.4. The van der Waals surface area contributed by atoms with Crippen LogP contribution in [-0.4, -0.2) is 34.8 Å². The highest BCUT2D eigenvalue weighted by molar-refractivity contribution is 5.28. The highest BCUT2D eigenvalue weighted by Crippen LogP contribution is 2.53. The van der Waals surface area contributed by atoms with Gasteiger partial charge in [0.2, 0.25) is 0 Å². The van der Waals surface area contributed by atoms with Crippen molar-refractivity contribution in [3.05, 3.63) is 35.4 Å². The fourth-order valence-corrected chi connectivity index (χ4v) is 1.84. The molecule has 20 heavy (non-hydrogen) atoms. The van der Waals surface area contributed by atoms with Crippen LogP contribution in [-0.2, 0) is 10.5 Å². The number of hydrogen-bond donors (Lipinski definition) is 2. The van der Waals surface area contributed by atoms with Gasteiger partial charge in [-0.1, -0.05) is 0 Å². The first-order valence-electron chi connectivity index (χ1n) is 5.29. The second-order valence-corrected chi connectivity index (χ2v) is 4.29. The van der Waals surface area contributed by atoms with E-state index in [1.165, 1.54) is 0 Å². The number of benzene rings is 1. The summed E-state index contributed by atoms with van der Waals surface area (Å²) in [5.74, 6) is -17.2. The molecule has 2 N–H and O–H groups in total. The molecule has 1 fully saturated rings. The molecule has 0 saturated carbocycles. The predicted octanol–water partition coefficient (Wildman–Crippen LogP) is 1.77. The average molecular weight is 302 g/mol.